The Kier molecular flexibility index (Phi) is 3.00. The molecule has 0 fully saturated rings. The molecule has 6 heteroatoms. The van der Waals surface area contributed by atoms with E-state index in [9.17, 15) is 4.79 Å². The predicted molar refractivity (Wildman–Crippen MR) is 60.3 cm³/mol. The van der Waals surface area contributed by atoms with E-state index in [0.29, 0.717) is 18.2 Å². The number of aromatic amines is 1. The first kappa shape index (κ1) is 10.4. The van der Waals surface area contributed by atoms with Crippen LogP contribution in [-0.2, 0) is 6.54 Å². The second kappa shape index (κ2) is 4.61. The fourth-order valence-electron chi connectivity index (χ4n) is 1.40. The number of nitrogens with one attached hydrogen (secondary N) is 2. The fourth-order valence-corrected chi connectivity index (χ4v) is 1.40. The Hall–Kier alpha value is -2.11. The quantitative estimate of drug-likeness (QED) is 0.779. The average Bonchev–Trinajstić information content (AvgIpc) is 2.69. The van der Waals surface area contributed by atoms with Gasteiger partial charge in [0.25, 0.3) is 5.56 Å². The van der Waals surface area contributed by atoms with E-state index in [2.05, 4.69) is 20.3 Å². The molecule has 0 saturated carbocycles. The Balaban J connectivity index is 1.92. The lowest BCUT2D eigenvalue weighted by atomic mass is 10.5. The van der Waals surface area contributed by atoms with E-state index in [1.165, 1.54) is 6.07 Å². The zero-order valence-corrected chi connectivity index (χ0v) is 8.97. The fraction of sp³-hybridized carbons (Fsp3) is 0.300. The summed E-state index contributed by atoms with van der Waals surface area (Å²) in [6.45, 7) is 3.24. The largest absolute Gasteiger partial charge is 0.368 e. The third kappa shape index (κ3) is 2.69. The van der Waals surface area contributed by atoms with E-state index in [-0.39, 0.29) is 5.56 Å². The van der Waals surface area contributed by atoms with Gasteiger partial charge in [0.1, 0.15) is 11.6 Å². The SMILES string of the molecule is Cc1nc(NCCn2ccnc2)cc(=O)[nH]1. The smallest absolute Gasteiger partial charge is 0.252 e. The number of hydrogen-bond donors (Lipinski definition) is 2. The Morgan fingerprint density at radius 2 is 2.44 bits per heavy atom. The minimum atomic E-state index is -0.141. The van der Waals surface area contributed by atoms with Crippen LogP contribution in [0.2, 0.25) is 0 Å². The average molecular weight is 219 g/mol. The molecule has 0 saturated heterocycles. The highest BCUT2D eigenvalue weighted by molar-refractivity contribution is 5.32. The summed E-state index contributed by atoms with van der Waals surface area (Å²) in [5, 5.41) is 3.08. The van der Waals surface area contributed by atoms with Gasteiger partial charge in [0, 0.05) is 31.5 Å². The summed E-state index contributed by atoms with van der Waals surface area (Å²) in [6, 6.07) is 1.45. The second-order valence-corrected chi connectivity index (χ2v) is 3.44. The number of imidazole rings is 1. The molecule has 0 aliphatic carbocycles. The monoisotopic (exact) mass is 219 g/mol. The summed E-state index contributed by atoms with van der Waals surface area (Å²) in [5.74, 6) is 1.21. The Morgan fingerprint density at radius 1 is 1.56 bits per heavy atom. The van der Waals surface area contributed by atoms with Crippen LogP contribution >= 0.6 is 0 Å². The number of aryl methyl sites for hydroxylation is 1. The van der Waals surface area contributed by atoms with Crippen LogP contribution in [-0.4, -0.2) is 26.1 Å². The molecule has 2 rings (SSSR count). The molecule has 0 aliphatic rings. The van der Waals surface area contributed by atoms with Gasteiger partial charge < -0.3 is 14.9 Å². The van der Waals surface area contributed by atoms with Gasteiger partial charge in [0.15, 0.2) is 0 Å². The van der Waals surface area contributed by atoms with E-state index in [1.807, 2.05) is 10.8 Å². The van der Waals surface area contributed by atoms with Crippen LogP contribution in [0.3, 0.4) is 0 Å². The third-order valence-corrected chi connectivity index (χ3v) is 2.10. The zero-order valence-electron chi connectivity index (χ0n) is 8.97. The lowest BCUT2D eigenvalue weighted by Crippen LogP contribution is -2.15. The van der Waals surface area contributed by atoms with Crippen molar-refractivity contribution >= 4 is 5.82 Å². The first-order valence-corrected chi connectivity index (χ1v) is 5.01. The zero-order chi connectivity index (χ0) is 11.4. The molecule has 0 aliphatic heterocycles. The highest BCUT2D eigenvalue weighted by atomic mass is 16.1. The normalized spacial score (nSPS) is 10.3. The molecule has 2 N–H and O–H groups in total. The molecule has 16 heavy (non-hydrogen) atoms. The minimum Gasteiger partial charge on any atom is -0.368 e. The number of H-pyrrole nitrogens is 1. The van der Waals surface area contributed by atoms with Crippen LogP contribution in [0.5, 0.6) is 0 Å². The van der Waals surface area contributed by atoms with Crippen LogP contribution in [0.25, 0.3) is 0 Å². The molecular formula is C10H13N5O. The first-order valence-electron chi connectivity index (χ1n) is 5.01. The summed E-state index contributed by atoms with van der Waals surface area (Å²) < 4.78 is 1.95. The van der Waals surface area contributed by atoms with Gasteiger partial charge in [-0.2, -0.15) is 0 Å². The van der Waals surface area contributed by atoms with Crippen LogP contribution in [0.1, 0.15) is 5.82 Å². The van der Waals surface area contributed by atoms with Gasteiger partial charge in [0.05, 0.1) is 6.33 Å². The summed E-state index contributed by atoms with van der Waals surface area (Å²) >= 11 is 0. The minimum absolute atomic E-state index is 0.141. The molecule has 6 nitrogen and oxygen atoms in total. The maximum atomic E-state index is 11.2. The van der Waals surface area contributed by atoms with Crippen LogP contribution in [0.4, 0.5) is 5.82 Å². The summed E-state index contributed by atoms with van der Waals surface area (Å²) in [7, 11) is 0. The topological polar surface area (TPSA) is 75.6 Å². The van der Waals surface area contributed by atoms with Crippen molar-refractivity contribution in [2.24, 2.45) is 0 Å². The molecule has 0 spiro atoms. The van der Waals surface area contributed by atoms with Crippen molar-refractivity contribution in [1.29, 1.82) is 0 Å². The van der Waals surface area contributed by atoms with E-state index in [1.54, 1.807) is 19.4 Å². The molecular weight excluding hydrogens is 206 g/mol. The summed E-state index contributed by atoms with van der Waals surface area (Å²) in [4.78, 5) is 21.8. The standard InChI is InChI=1S/C10H13N5O/c1-8-13-9(6-10(16)14-8)12-3-5-15-4-2-11-7-15/h2,4,6-7H,3,5H2,1H3,(H2,12,13,14,16). The lowest BCUT2D eigenvalue weighted by molar-refractivity contribution is 0.724. The number of hydrogen-bond acceptors (Lipinski definition) is 4. The van der Waals surface area contributed by atoms with Gasteiger partial charge in [-0.25, -0.2) is 9.97 Å². The molecule has 2 aromatic rings. The van der Waals surface area contributed by atoms with Gasteiger partial charge in [-0.05, 0) is 6.92 Å². The third-order valence-electron chi connectivity index (χ3n) is 2.10. The molecule has 84 valence electrons. The predicted octanol–water partition coefficient (Wildman–Crippen LogP) is 0.387. The van der Waals surface area contributed by atoms with Gasteiger partial charge in [-0.3, -0.25) is 4.79 Å². The van der Waals surface area contributed by atoms with Crippen LogP contribution in [0, 0.1) is 6.92 Å². The van der Waals surface area contributed by atoms with Gasteiger partial charge in [-0.1, -0.05) is 0 Å². The maximum Gasteiger partial charge on any atom is 0.252 e. The first-order chi connectivity index (χ1) is 7.74. The molecule has 0 atom stereocenters. The van der Waals surface area contributed by atoms with Gasteiger partial charge in [-0.15, -0.1) is 0 Å². The van der Waals surface area contributed by atoms with Crippen molar-refractivity contribution in [3.8, 4) is 0 Å². The number of nitrogens with zero attached hydrogens (tertiary/aromatic N) is 3. The number of anilines is 1. The highest BCUT2D eigenvalue weighted by Crippen LogP contribution is 1.97. The van der Waals surface area contributed by atoms with Crippen molar-refractivity contribution in [1.82, 2.24) is 19.5 Å². The van der Waals surface area contributed by atoms with E-state index < -0.39 is 0 Å². The molecule has 2 aromatic heterocycles. The Bertz CT molecular complexity index is 502. The van der Waals surface area contributed by atoms with Crippen molar-refractivity contribution < 1.29 is 0 Å². The van der Waals surface area contributed by atoms with E-state index >= 15 is 0 Å². The molecule has 0 amide bonds. The van der Waals surface area contributed by atoms with Gasteiger partial charge in [0.2, 0.25) is 0 Å². The molecule has 0 aromatic carbocycles. The Labute approximate surface area is 92.4 Å². The molecule has 0 radical (unpaired) electrons. The second-order valence-electron chi connectivity index (χ2n) is 3.44. The van der Waals surface area contributed by atoms with Crippen molar-refractivity contribution in [3.05, 3.63) is 41.0 Å². The summed E-state index contributed by atoms with van der Waals surface area (Å²) in [5.41, 5.74) is -0.141. The van der Waals surface area contributed by atoms with E-state index in [4.69, 9.17) is 0 Å². The van der Waals surface area contributed by atoms with Crippen molar-refractivity contribution in [2.75, 3.05) is 11.9 Å². The van der Waals surface area contributed by atoms with Crippen molar-refractivity contribution in [3.63, 3.8) is 0 Å². The number of rotatable bonds is 4. The van der Waals surface area contributed by atoms with Crippen LogP contribution < -0.4 is 10.9 Å². The summed E-state index contributed by atoms with van der Waals surface area (Å²) in [6.07, 6.45) is 5.37. The van der Waals surface area contributed by atoms with E-state index in [0.717, 1.165) is 6.54 Å². The van der Waals surface area contributed by atoms with Gasteiger partial charge >= 0.3 is 0 Å². The van der Waals surface area contributed by atoms with Crippen LogP contribution in [0.15, 0.2) is 29.6 Å². The Morgan fingerprint density at radius 3 is 3.12 bits per heavy atom. The lowest BCUT2D eigenvalue weighted by Gasteiger charge is -2.06. The molecule has 0 unspecified atom stereocenters. The maximum absolute atomic E-state index is 11.2. The molecule has 2 heterocycles. The highest BCUT2D eigenvalue weighted by Gasteiger charge is 1.97. The molecule has 0 bridgehead atoms. The number of aromatic nitrogens is 4. The van der Waals surface area contributed by atoms with Crippen molar-refractivity contribution in [2.45, 2.75) is 13.5 Å².